The Hall–Kier alpha value is -0.930. The van der Waals surface area contributed by atoms with Crippen LogP contribution in [0.2, 0.25) is 5.02 Å². The second kappa shape index (κ2) is 6.02. The SMILES string of the molecule is NNc1ncc(S(=O)(=O)NCC2CCCO2)cc1Cl. The smallest absolute Gasteiger partial charge is 0.242 e. The summed E-state index contributed by atoms with van der Waals surface area (Å²) in [6.45, 7) is 0.924. The summed E-state index contributed by atoms with van der Waals surface area (Å²) in [5, 5.41) is 0.141. The molecule has 1 saturated heterocycles. The lowest BCUT2D eigenvalue weighted by molar-refractivity contribution is 0.114. The summed E-state index contributed by atoms with van der Waals surface area (Å²) in [6, 6.07) is 1.29. The number of nitrogens with zero attached hydrogens (tertiary/aromatic N) is 1. The summed E-state index contributed by atoms with van der Waals surface area (Å²) >= 11 is 5.84. The molecule has 1 aromatic rings. The van der Waals surface area contributed by atoms with Gasteiger partial charge in [0.05, 0.1) is 11.1 Å². The number of rotatable bonds is 5. The van der Waals surface area contributed by atoms with Crippen LogP contribution >= 0.6 is 11.6 Å². The van der Waals surface area contributed by atoms with E-state index < -0.39 is 10.0 Å². The molecule has 2 rings (SSSR count). The summed E-state index contributed by atoms with van der Waals surface area (Å²) in [6.07, 6.45) is 2.94. The highest BCUT2D eigenvalue weighted by atomic mass is 35.5. The van der Waals surface area contributed by atoms with Crippen LogP contribution in [0, 0.1) is 0 Å². The number of aromatic nitrogens is 1. The number of nitrogen functional groups attached to an aromatic ring is 1. The maximum Gasteiger partial charge on any atom is 0.242 e. The lowest BCUT2D eigenvalue weighted by atomic mass is 10.2. The van der Waals surface area contributed by atoms with E-state index in [4.69, 9.17) is 22.2 Å². The number of hydrogen-bond acceptors (Lipinski definition) is 6. The van der Waals surface area contributed by atoms with Crippen LogP contribution in [-0.2, 0) is 14.8 Å². The molecule has 1 aliphatic rings. The Bertz CT molecular complexity index is 546. The molecule has 19 heavy (non-hydrogen) atoms. The molecule has 2 heterocycles. The molecule has 0 radical (unpaired) electrons. The highest BCUT2D eigenvalue weighted by Crippen LogP contribution is 2.21. The predicted octanol–water partition coefficient (Wildman–Crippen LogP) is 0.478. The summed E-state index contributed by atoms with van der Waals surface area (Å²) in [7, 11) is -3.64. The maximum absolute atomic E-state index is 12.0. The Morgan fingerprint density at radius 3 is 2.95 bits per heavy atom. The second-order valence-electron chi connectivity index (χ2n) is 4.13. The van der Waals surface area contributed by atoms with Gasteiger partial charge in [0.1, 0.15) is 4.90 Å². The minimum Gasteiger partial charge on any atom is -0.377 e. The van der Waals surface area contributed by atoms with Gasteiger partial charge in [-0.05, 0) is 18.9 Å². The Morgan fingerprint density at radius 1 is 1.58 bits per heavy atom. The molecule has 0 saturated carbocycles. The van der Waals surface area contributed by atoms with E-state index in [1.807, 2.05) is 0 Å². The van der Waals surface area contributed by atoms with Crippen LogP contribution in [0.15, 0.2) is 17.2 Å². The van der Waals surface area contributed by atoms with Gasteiger partial charge in [-0.15, -0.1) is 0 Å². The van der Waals surface area contributed by atoms with Gasteiger partial charge in [0, 0.05) is 19.3 Å². The van der Waals surface area contributed by atoms with E-state index in [-0.39, 0.29) is 28.4 Å². The van der Waals surface area contributed by atoms with Crippen LogP contribution in [0.3, 0.4) is 0 Å². The van der Waals surface area contributed by atoms with Crippen molar-refractivity contribution in [1.29, 1.82) is 0 Å². The van der Waals surface area contributed by atoms with Gasteiger partial charge in [0.2, 0.25) is 10.0 Å². The zero-order valence-electron chi connectivity index (χ0n) is 10.1. The van der Waals surface area contributed by atoms with E-state index >= 15 is 0 Å². The van der Waals surface area contributed by atoms with Crippen LogP contribution in [0.5, 0.6) is 0 Å². The molecule has 0 amide bonds. The van der Waals surface area contributed by atoms with E-state index in [0.717, 1.165) is 12.8 Å². The minimum absolute atomic E-state index is 0.00510. The van der Waals surface area contributed by atoms with Crippen molar-refractivity contribution < 1.29 is 13.2 Å². The van der Waals surface area contributed by atoms with Crippen molar-refractivity contribution in [3.63, 3.8) is 0 Å². The molecule has 0 spiro atoms. The lowest BCUT2D eigenvalue weighted by Crippen LogP contribution is -2.32. The topological polar surface area (TPSA) is 106 Å². The highest BCUT2D eigenvalue weighted by molar-refractivity contribution is 7.89. The molecule has 1 atom stereocenters. The molecule has 0 aliphatic carbocycles. The third kappa shape index (κ3) is 3.54. The average molecular weight is 307 g/mol. The minimum atomic E-state index is -3.64. The number of anilines is 1. The van der Waals surface area contributed by atoms with Gasteiger partial charge in [-0.25, -0.2) is 24.0 Å². The number of pyridine rings is 1. The van der Waals surface area contributed by atoms with Crippen LogP contribution in [0.25, 0.3) is 0 Å². The number of halogens is 1. The van der Waals surface area contributed by atoms with Gasteiger partial charge in [0.25, 0.3) is 0 Å². The Morgan fingerprint density at radius 2 is 2.37 bits per heavy atom. The third-order valence-electron chi connectivity index (χ3n) is 2.79. The van der Waals surface area contributed by atoms with Crippen molar-refractivity contribution in [2.45, 2.75) is 23.8 Å². The van der Waals surface area contributed by atoms with E-state index in [0.29, 0.717) is 6.61 Å². The molecule has 0 bridgehead atoms. The second-order valence-corrected chi connectivity index (χ2v) is 6.31. The van der Waals surface area contributed by atoms with Gasteiger partial charge in [-0.3, -0.25) is 0 Å². The average Bonchev–Trinajstić information content (AvgIpc) is 2.89. The van der Waals surface area contributed by atoms with E-state index in [2.05, 4.69) is 15.1 Å². The predicted molar refractivity (Wildman–Crippen MR) is 71.2 cm³/mol. The summed E-state index contributed by atoms with van der Waals surface area (Å²) in [5.41, 5.74) is 2.27. The van der Waals surface area contributed by atoms with Crippen molar-refractivity contribution in [3.05, 3.63) is 17.3 Å². The molecule has 1 aliphatic heterocycles. The van der Waals surface area contributed by atoms with Crippen molar-refractivity contribution >= 4 is 27.4 Å². The molecular formula is C10H15ClN4O3S. The molecule has 106 valence electrons. The van der Waals surface area contributed by atoms with Gasteiger partial charge in [-0.2, -0.15) is 0 Å². The first-order chi connectivity index (χ1) is 9.03. The number of ether oxygens (including phenoxy) is 1. The molecule has 0 aromatic carbocycles. The van der Waals surface area contributed by atoms with Crippen molar-refractivity contribution in [1.82, 2.24) is 9.71 Å². The zero-order chi connectivity index (χ0) is 13.9. The molecule has 1 aromatic heterocycles. The third-order valence-corrected chi connectivity index (χ3v) is 4.47. The van der Waals surface area contributed by atoms with E-state index in [9.17, 15) is 8.42 Å². The number of nitrogens with two attached hydrogens (primary N) is 1. The van der Waals surface area contributed by atoms with Crippen LogP contribution in [-0.4, -0.2) is 32.7 Å². The molecule has 1 fully saturated rings. The summed E-state index contributed by atoms with van der Waals surface area (Å²) in [4.78, 5) is 3.82. The van der Waals surface area contributed by atoms with E-state index in [1.165, 1.54) is 12.3 Å². The van der Waals surface area contributed by atoms with Crippen molar-refractivity contribution in [2.75, 3.05) is 18.6 Å². The first kappa shape index (κ1) is 14.5. The Labute approximate surface area is 116 Å². The summed E-state index contributed by atoms with van der Waals surface area (Å²) < 4.78 is 31.9. The van der Waals surface area contributed by atoms with Crippen molar-refractivity contribution in [3.8, 4) is 0 Å². The van der Waals surface area contributed by atoms with Gasteiger partial charge >= 0.3 is 0 Å². The number of hydrogen-bond donors (Lipinski definition) is 3. The first-order valence-electron chi connectivity index (χ1n) is 5.76. The molecule has 1 unspecified atom stereocenters. The Kier molecular flexibility index (Phi) is 4.58. The number of sulfonamides is 1. The van der Waals surface area contributed by atoms with Crippen LogP contribution in [0.1, 0.15) is 12.8 Å². The lowest BCUT2D eigenvalue weighted by Gasteiger charge is -2.12. The number of nitrogens with one attached hydrogen (secondary N) is 2. The van der Waals surface area contributed by atoms with Gasteiger partial charge in [-0.1, -0.05) is 11.6 Å². The summed E-state index contributed by atoms with van der Waals surface area (Å²) in [5.74, 6) is 5.39. The fourth-order valence-corrected chi connectivity index (χ4v) is 3.09. The normalized spacial score (nSPS) is 19.6. The van der Waals surface area contributed by atoms with Crippen LogP contribution in [0.4, 0.5) is 5.82 Å². The van der Waals surface area contributed by atoms with Crippen molar-refractivity contribution in [2.24, 2.45) is 5.84 Å². The quantitative estimate of drug-likeness (QED) is 0.539. The maximum atomic E-state index is 12.0. The monoisotopic (exact) mass is 306 g/mol. The molecular weight excluding hydrogens is 292 g/mol. The molecule has 4 N–H and O–H groups in total. The van der Waals surface area contributed by atoms with Crippen LogP contribution < -0.4 is 16.0 Å². The van der Waals surface area contributed by atoms with Gasteiger partial charge in [0.15, 0.2) is 5.82 Å². The first-order valence-corrected chi connectivity index (χ1v) is 7.62. The zero-order valence-corrected chi connectivity index (χ0v) is 11.7. The molecule has 9 heteroatoms. The fourth-order valence-electron chi connectivity index (χ4n) is 1.76. The Balaban J connectivity index is 2.08. The van der Waals surface area contributed by atoms with Gasteiger partial charge < -0.3 is 10.2 Å². The molecule has 7 nitrogen and oxygen atoms in total. The number of hydrazine groups is 1. The standard InChI is InChI=1S/C10H15ClN4O3S/c11-9-4-8(6-13-10(9)15-12)19(16,17)14-5-7-2-1-3-18-7/h4,6-7,14H,1-3,5,12H2,(H,13,15). The van der Waals surface area contributed by atoms with E-state index in [1.54, 1.807) is 0 Å². The fraction of sp³-hybridized carbons (Fsp3) is 0.500. The largest absolute Gasteiger partial charge is 0.377 e. The highest BCUT2D eigenvalue weighted by Gasteiger charge is 2.21.